The number of halogens is 1. The molecule has 4 heteroatoms. The van der Waals surface area contributed by atoms with Gasteiger partial charge in [0.25, 0.3) is 0 Å². The van der Waals surface area contributed by atoms with Gasteiger partial charge in [-0.15, -0.1) is 23.7 Å². The van der Waals surface area contributed by atoms with E-state index in [1.807, 2.05) is 13.8 Å². The number of aromatic nitrogens is 1. The molecule has 0 radical (unpaired) electrons. The van der Waals surface area contributed by atoms with Crippen molar-refractivity contribution >= 4 is 28.9 Å². The number of nitrogens with two attached hydrogens (primary N) is 1. The Bertz CT molecular complexity index is 177. The maximum atomic E-state index is 5.39. The average Bonchev–Trinajstić information content (AvgIpc) is 1.85. The first-order valence-electron chi connectivity index (χ1n) is 2.39. The molecule has 2 nitrogen and oxygen atoms in total. The summed E-state index contributed by atoms with van der Waals surface area (Å²) in [5, 5.41) is 0.667. The maximum absolute atomic E-state index is 5.39. The van der Waals surface area contributed by atoms with Crippen LogP contribution in [0.1, 0.15) is 10.6 Å². The topological polar surface area (TPSA) is 38.9 Å². The third-order valence-electron chi connectivity index (χ3n) is 1.05. The van der Waals surface area contributed by atoms with Crippen molar-refractivity contribution in [2.45, 2.75) is 13.8 Å². The number of rotatable bonds is 0. The first-order valence-corrected chi connectivity index (χ1v) is 3.21. The fraction of sp³-hybridized carbons (Fsp3) is 0.400. The summed E-state index contributed by atoms with van der Waals surface area (Å²) in [7, 11) is 0. The first-order chi connectivity index (χ1) is 3.70. The van der Waals surface area contributed by atoms with Gasteiger partial charge in [-0.1, -0.05) is 0 Å². The lowest BCUT2D eigenvalue weighted by Crippen LogP contribution is -1.80. The van der Waals surface area contributed by atoms with Gasteiger partial charge in [0.1, 0.15) is 0 Å². The van der Waals surface area contributed by atoms with E-state index in [2.05, 4.69) is 4.98 Å². The molecular formula is C5H9ClN2S. The van der Waals surface area contributed by atoms with Crippen molar-refractivity contribution in [3.8, 4) is 0 Å². The molecule has 1 heterocycles. The molecule has 0 saturated carbocycles. The van der Waals surface area contributed by atoms with Crippen molar-refractivity contribution in [2.24, 2.45) is 0 Å². The number of anilines is 1. The normalized spacial score (nSPS) is 8.67. The molecule has 0 saturated heterocycles. The molecule has 0 fully saturated rings. The van der Waals surface area contributed by atoms with Crippen LogP contribution in [0.2, 0.25) is 0 Å². The number of nitrogens with zero attached hydrogens (tertiary/aromatic N) is 1. The summed E-state index contributed by atoms with van der Waals surface area (Å²) in [5.74, 6) is 0. The van der Waals surface area contributed by atoms with Gasteiger partial charge in [0.05, 0.1) is 5.69 Å². The van der Waals surface area contributed by atoms with Crippen molar-refractivity contribution in [1.29, 1.82) is 0 Å². The molecule has 0 aromatic carbocycles. The zero-order chi connectivity index (χ0) is 6.15. The van der Waals surface area contributed by atoms with Crippen LogP contribution in [-0.2, 0) is 0 Å². The Morgan fingerprint density at radius 1 is 1.44 bits per heavy atom. The molecule has 0 unspecified atom stereocenters. The highest BCUT2D eigenvalue weighted by Gasteiger charge is 1.96. The van der Waals surface area contributed by atoms with Crippen LogP contribution in [0.25, 0.3) is 0 Å². The molecule has 9 heavy (non-hydrogen) atoms. The molecule has 52 valence electrons. The zero-order valence-corrected chi connectivity index (χ0v) is 6.97. The second kappa shape index (κ2) is 3.03. The number of nitrogen functional groups attached to an aromatic ring is 1. The minimum atomic E-state index is 0. The zero-order valence-electron chi connectivity index (χ0n) is 5.34. The van der Waals surface area contributed by atoms with Crippen LogP contribution in [0.3, 0.4) is 0 Å². The van der Waals surface area contributed by atoms with Gasteiger partial charge >= 0.3 is 0 Å². The van der Waals surface area contributed by atoms with Crippen molar-refractivity contribution in [2.75, 3.05) is 5.73 Å². The average molecular weight is 165 g/mol. The van der Waals surface area contributed by atoms with Crippen molar-refractivity contribution in [1.82, 2.24) is 4.98 Å². The van der Waals surface area contributed by atoms with Gasteiger partial charge in [-0.2, -0.15) is 0 Å². The largest absolute Gasteiger partial charge is 0.375 e. The summed E-state index contributed by atoms with van der Waals surface area (Å²) in [6.07, 6.45) is 0. The number of aryl methyl sites for hydroxylation is 2. The fourth-order valence-electron chi connectivity index (χ4n) is 0.498. The quantitative estimate of drug-likeness (QED) is 0.635. The smallest absolute Gasteiger partial charge is 0.180 e. The molecule has 0 spiro atoms. The Morgan fingerprint density at radius 3 is 2.11 bits per heavy atom. The third kappa shape index (κ3) is 1.84. The summed E-state index contributed by atoms with van der Waals surface area (Å²) < 4.78 is 0. The first kappa shape index (κ1) is 8.72. The minimum absolute atomic E-state index is 0. The van der Waals surface area contributed by atoms with E-state index in [4.69, 9.17) is 5.73 Å². The Labute approximate surface area is 64.5 Å². The highest BCUT2D eigenvalue weighted by atomic mass is 35.5. The van der Waals surface area contributed by atoms with Gasteiger partial charge < -0.3 is 5.73 Å². The highest BCUT2D eigenvalue weighted by molar-refractivity contribution is 7.15. The molecular weight excluding hydrogens is 156 g/mol. The van der Waals surface area contributed by atoms with E-state index >= 15 is 0 Å². The lowest BCUT2D eigenvalue weighted by atomic mass is 10.4. The molecule has 0 amide bonds. The van der Waals surface area contributed by atoms with Crippen LogP contribution >= 0.6 is 23.7 Å². The summed E-state index contributed by atoms with van der Waals surface area (Å²) in [6, 6.07) is 0. The van der Waals surface area contributed by atoms with Gasteiger partial charge in [0.2, 0.25) is 0 Å². The molecule has 0 aliphatic carbocycles. The summed E-state index contributed by atoms with van der Waals surface area (Å²) >= 11 is 1.54. The summed E-state index contributed by atoms with van der Waals surface area (Å²) in [4.78, 5) is 5.22. The Morgan fingerprint density at radius 2 is 2.00 bits per heavy atom. The standard InChI is InChI=1S/C5H8N2S.ClH/c1-3-4(2)8-5(6)7-3;/h1-2H3,(H2,6,7);1H. The second-order valence-electron chi connectivity index (χ2n) is 1.69. The van der Waals surface area contributed by atoms with Gasteiger partial charge in [-0.3, -0.25) is 0 Å². The van der Waals surface area contributed by atoms with Crippen LogP contribution in [0.4, 0.5) is 5.13 Å². The lowest BCUT2D eigenvalue weighted by Gasteiger charge is -1.77. The monoisotopic (exact) mass is 164 g/mol. The van der Waals surface area contributed by atoms with Crippen LogP contribution in [0, 0.1) is 13.8 Å². The van der Waals surface area contributed by atoms with E-state index in [1.165, 1.54) is 16.2 Å². The molecule has 2 N–H and O–H groups in total. The number of hydrogen-bond donors (Lipinski definition) is 1. The predicted octanol–water partition coefficient (Wildman–Crippen LogP) is 1.76. The minimum Gasteiger partial charge on any atom is -0.375 e. The highest BCUT2D eigenvalue weighted by Crippen LogP contribution is 2.16. The van der Waals surface area contributed by atoms with Crippen LogP contribution in [-0.4, -0.2) is 4.98 Å². The Balaban J connectivity index is 0.000000640. The van der Waals surface area contributed by atoms with Crippen molar-refractivity contribution < 1.29 is 0 Å². The second-order valence-corrected chi connectivity index (χ2v) is 2.93. The van der Waals surface area contributed by atoms with E-state index in [9.17, 15) is 0 Å². The predicted molar refractivity (Wildman–Crippen MR) is 43.2 cm³/mol. The van der Waals surface area contributed by atoms with Crippen molar-refractivity contribution in [3.63, 3.8) is 0 Å². The number of thiazole rings is 1. The molecule has 0 atom stereocenters. The van der Waals surface area contributed by atoms with Crippen LogP contribution in [0.15, 0.2) is 0 Å². The lowest BCUT2D eigenvalue weighted by molar-refractivity contribution is 1.24. The fourth-order valence-corrected chi connectivity index (χ4v) is 1.19. The molecule has 0 bridgehead atoms. The van der Waals surface area contributed by atoms with Gasteiger partial charge in [-0.05, 0) is 13.8 Å². The Kier molecular flexibility index (Phi) is 2.94. The number of hydrogen-bond acceptors (Lipinski definition) is 3. The summed E-state index contributed by atoms with van der Waals surface area (Å²) in [5.41, 5.74) is 6.44. The Hall–Kier alpha value is -0.280. The van der Waals surface area contributed by atoms with E-state index in [0.29, 0.717) is 5.13 Å². The van der Waals surface area contributed by atoms with Gasteiger partial charge in [0, 0.05) is 4.88 Å². The molecule has 1 rings (SSSR count). The van der Waals surface area contributed by atoms with Crippen LogP contribution < -0.4 is 5.73 Å². The third-order valence-corrected chi connectivity index (χ3v) is 1.95. The van der Waals surface area contributed by atoms with E-state index in [-0.39, 0.29) is 12.4 Å². The van der Waals surface area contributed by atoms with Gasteiger partial charge in [-0.25, -0.2) is 4.98 Å². The van der Waals surface area contributed by atoms with E-state index in [0.717, 1.165) is 5.69 Å². The molecule has 1 aromatic rings. The molecule has 1 aromatic heterocycles. The van der Waals surface area contributed by atoms with Crippen LogP contribution in [0.5, 0.6) is 0 Å². The van der Waals surface area contributed by atoms with Crippen molar-refractivity contribution in [3.05, 3.63) is 10.6 Å². The SMILES string of the molecule is Cc1nc(N)sc1C.Cl. The summed E-state index contributed by atoms with van der Waals surface area (Å²) in [6.45, 7) is 3.98. The van der Waals surface area contributed by atoms with E-state index < -0.39 is 0 Å². The maximum Gasteiger partial charge on any atom is 0.180 e. The van der Waals surface area contributed by atoms with Gasteiger partial charge in [0.15, 0.2) is 5.13 Å². The molecule has 0 aliphatic heterocycles. The molecule has 0 aliphatic rings. The van der Waals surface area contributed by atoms with E-state index in [1.54, 1.807) is 0 Å².